The van der Waals surface area contributed by atoms with Gasteiger partial charge in [0, 0.05) is 0 Å². The van der Waals surface area contributed by atoms with Gasteiger partial charge in [0.15, 0.2) is 0 Å². The normalized spacial score (nSPS) is 10.2. The Labute approximate surface area is 114 Å². The summed E-state index contributed by atoms with van der Waals surface area (Å²) in [6, 6.07) is 6.76. The quantitative estimate of drug-likeness (QED) is 0.903. The number of hydrogen-bond acceptors (Lipinski definition) is 3. The third kappa shape index (κ3) is 2.66. The van der Waals surface area contributed by atoms with Gasteiger partial charge >= 0.3 is 5.97 Å². The smallest absolute Gasteiger partial charge is 0.337 e. The van der Waals surface area contributed by atoms with Gasteiger partial charge < -0.3 is 10.4 Å². The van der Waals surface area contributed by atoms with E-state index in [0.29, 0.717) is 10.6 Å². The van der Waals surface area contributed by atoms with Gasteiger partial charge in [-0.05, 0) is 42.5 Å². The topological polar surface area (TPSA) is 66.4 Å². The first kappa shape index (κ1) is 13.3. The molecule has 0 aliphatic carbocycles. The number of carbonyl (C=O) groups is 2. The number of amides is 1. The number of carboxylic acids is 1. The minimum absolute atomic E-state index is 0.0996. The van der Waals surface area contributed by atoms with Gasteiger partial charge in [0.05, 0.1) is 16.1 Å². The van der Waals surface area contributed by atoms with Gasteiger partial charge in [0.2, 0.25) is 0 Å². The molecule has 98 valence electrons. The second kappa shape index (κ2) is 5.24. The van der Waals surface area contributed by atoms with E-state index in [-0.39, 0.29) is 11.5 Å². The molecule has 1 amide bonds. The summed E-state index contributed by atoms with van der Waals surface area (Å²) in [6.07, 6.45) is 0. The molecule has 0 unspecified atom stereocenters. The number of anilines is 1. The van der Waals surface area contributed by atoms with Crippen molar-refractivity contribution in [3.05, 3.63) is 51.2 Å². The fraction of sp³-hybridized carbons (Fsp3) is 0.143. The zero-order valence-electron chi connectivity index (χ0n) is 10.6. The molecular formula is C14H13NO3S. The molecule has 2 rings (SSSR count). The van der Waals surface area contributed by atoms with Crippen molar-refractivity contribution in [3.63, 3.8) is 0 Å². The first-order chi connectivity index (χ1) is 9.00. The molecule has 0 fully saturated rings. The first-order valence-corrected chi connectivity index (χ1v) is 6.57. The number of nitrogens with one attached hydrogen (secondary N) is 1. The predicted molar refractivity (Wildman–Crippen MR) is 75.1 cm³/mol. The Morgan fingerprint density at radius 1 is 1.16 bits per heavy atom. The van der Waals surface area contributed by atoms with Crippen molar-refractivity contribution < 1.29 is 14.7 Å². The summed E-state index contributed by atoms with van der Waals surface area (Å²) in [5.41, 5.74) is 2.06. The highest BCUT2D eigenvalue weighted by Crippen LogP contribution is 2.23. The number of thiophene rings is 1. The number of aromatic carboxylic acids is 1. The van der Waals surface area contributed by atoms with Crippen LogP contribution in [0.1, 0.15) is 31.2 Å². The molecule has 0 bridgehead atoms. The Morgan fingerprint density at radius 3 is 2.47 bits per heavy atom. The molecule has 0 saturated heterocycles. The Morgan fingerprint density at radius 2 is 1.89 bits per heavy atom. The standard InChI is InChI=1S/C14H13NO3S/c1-8-4-3-5-10(14(17)18)11(8)15-13(16)12-9(2)6-7-19-12/h3-7H,1-2H3,(H,15,16)(H,17,18). The first-order valence-electron chi connectivity index (χ1n) is 5.69. The molecule has 0 radical (unpaired) electrons. The van der Waals surface area contributed by atoms with Gasteiger partial charge in [-0.3, -0.25) is 4.79 Å². The number of carboxylic acid groups (broad SMARTS) is 1. The van der Waals surface area contributed by atoms with Gasteiger partial charge in [-0.25, -0.2) is 4.79 Å². The zero-order valence-corrected chi connectivity index (χ0v) is 11.4. The SMILES string of the molecule is Cc1ccsc1C(=O)Nc1c(C)cccc1C(=O)O. The van der Waals surface area contributed by atoms with Crippen LogP contribution in [0.15, 0.2) is 29.6 Å². The second-order valence-corrected chi connectivity index (χ2v) is 5.11. The minimum atomic E-state index is -1.05. The Kier molecular flexibility index (Phi) is 3.66. The summed E-state index contributed by atoms with van der Waals surface area (Å²) >= 11 is 1.34. The summed E-state index contributed by atoms with van der Waals surface area (Å²) in [6.45, 7) is 3.62. The van der Waals surface area contributed by atoms with E-state index in [9.17, 15) is 9.59 Å². The predicted octanol–water partition coefficient (Wildman–Crippen LogP) is 3.32. The fourth-order valence-corrected chi connectivity index (χ4v) is 2.61. The molecule has 0 aliphatic heterocycles. The van der Waals surface area contributed by atoms with E-state index in [1.165, 1.54) is 17.4 Å². The van der Waals surface area contributed by atoms with Gasteiger partial charge in [-0.1, -0.05) is 12.1 Å². The van der Waals surface area contributed by atoms with Gasteiger partial charge in [0.1, 0.15) is 0 Å². The molecule has 0 saturated carbocycles. The van der Waals surface area contributed by atoms with Gasteiger partial charge in [0.25, 0.3) is 5.91 Å². The van der Waals surface area contributed by atoms with Crippen LogP contribution in [0.5, 0.6) is 0 Å². The zero-order chi connectivity index (χ0) is 14.0. The number of hydrogen-bond donors (Lipinski definition) is 2. The molecule has 0 aliphatic rings. The lowest BCUT2D eigenvalue weighted by atomic mass is 10.1. The Hall–Kier alpha value is -2.14. The number of para-hydroxylation sites is 1. The van der Waals surface area contributed by atoms with Crippen molar-refractivity contribution in [2.75, 3.05) is 5.32 Å². The summed E-state index contributed by atoms with van der Waals surface area (Å²) in [5.74, 6) is -1.33. The highest BCUT2D eigenvalue weighted by molar-refractivity contribution is 7.12. The van der Waals surface area contributed by atoms with Crippen LogP contribution in [-0.4, -0.2) is 17.0 Å². The van der Waals surface area contributed by atoms with Crippen LogP contribution < -0.4 is 5.32 Å². The van der Waals surface area contributed by atoms with Crippen LogP contribution in [0.4, 0.5) is 5.69 Å². The maximum Gasteiger partial charge on any atom is 0.337 e. The molecule has 1 aromatic carbocycles. The second-order valence-electron chi connectivity index (χ2n) is 4.19. The van der Waals surface area contributed by atoms with Gasteiger partial charge in [-0.2, -0.15) is 0 Å². The molecule has 2 N–H and O–H groups in total. The molecule has 0 atom stereocenters. The summed E-state index contributed by atoms with van der Waals surface area (Å²) < 4.78 is 0. The molecule has 19 heavy (non-hydrogen) atoms. The highest BCUT2D eigenvalue weighted by Gasteiger charge is 2.17. The maximum absolute atomic E-state index is 12.1. The van der Waals surface area contributed by atoms with E-state index in [0.717, 1.165) is 11.1 Å². The van der Waals surface area contributed by atoms with Crippen molar-refractivity contribution >= 4 is 28.9 Å². The Bertz CT molecular complexity index is 646. The van der Waals surface area contributed by atoms with Crippen molar-refractivity contribution in [2.45, 2.75) is 13.8 Å². The molecule has 0 spiro atoms. The van der Waals surface area contributed by atoms with Crippen LogP contribution in [0.2, 0.25) is 0 Å². The molecule has 4 nitrogen and oxygen atoms in total. The van der Waals surface area contributed by atoms with Crippen molar-refractivity contribution in [3.8, 4) is 0 Å². The van der Waals surface area contributed by atoms with E-state index in [4.69, 9.17) is 5.11 Å². The minimum Gasteiger partial charge on any atom is -0.478 e. The molecule has 1 heterocycles. The lowest BCUT2D eigenvalue weighted by molar-refractivity contribution is 0.0698. The van der Waals surface area contributed by atoms with Crippen LogP contribution >= 0.6 is 11.3 Å². The van der Waals surface area contributed by atoms with Crippen LogP contribution in [-0.2, 0) is 0 Å². The molecular weight excluding hydrogens is 262 g/mol. The van der Waals surface area contributed by atoms with Crippen LogP contribution in [0.25, 0.3) is 0 Å². The summed E-state index contributed by atoms with van der Waals surface area (Å²) in [5, 5.41) is 13.7. The lowest BCUT2D eigenvalue weighted by Crippen LogP contribution is -2.15. The number of benzene rings is 1. The fourth-order valence-electron chi connectivity index (χ4n) is 1.79. The Balaban J connectivity index is 2.36. The van der Waals surface area contributed by atoms with E-state index in [1.807, 2.05) is 18.4 Å². The summed E-state index contributed by atoms with van der Waals surface area (Å²) in [4.78, 5) is 23.9. The average molecular weight is 275 g/mol. The van der Waals surface area contributed by atoms with E-state index >= 15 is 0 Å². The third-order valence-electron chi connectivity index (χ3n) is 2.81. The number of rotatable bonds is 3. The van der Waals surface area contributed by atoms with E-state index < -0.39 is 5.97 Å². The van der Waals surface area contributed by atoms with Crippen molar-refractivity contribution in [2.24, 2.45) is 0 Å². The lowest BCUT2D eigenvalue weighted by Gasteiger charge is -2.11. The number of aryl methyl sites for hydroxylation is 2. The van der Waals surface area contributed by atoms with E-state index in [2.05, 4.69) is 5.32 Å². The molecule has 1 aromatic heterocycles. The van der Waals surface area contributed by atoms with Gasteiger partial charge in [-0.15, -0.1) is 11.3 Å². The largest absolute Gasteiger partial charge is 0.478 e. The van der Waals surface area contributed by atoms with Crippen LogP contribution in [0, 0.1) is 13.8 Å². The average Bonchev–Trinajstić information content (AvgIpc) is 2.77. The molecule has 5 heteroatoms. The monoisotopic (exact) mass is 275 g/mol. The maximum atomic E-state index is 12.1. The summed E-state index contributed by atoms with van der Waals surface area (Å²) in [7, 11) is 0. The highest BCUT2D eigenvalue weighted by atomic mass is 32.1. The van der Waals surface area contributed by atoms with Crippen molar-refractivity contribution in [1.29, 1.82) is 0 Å². The number of carbonyl (C=O) groups excluding carboxylic acids is 1. The molecule has 2 aromatic rings. The van der Waals surface area contributed by atoms with Crippen LogP contribution in [0.3, 0.4) is 0 Å². The van der Waals surface area contributed by atoms with Crippen molar-refractivity contribution in [1.82, 2.24) is 0 Å². The van der Waals surface area contributed by atoms with E-state index in [1.54, 1.807) is 19.1 Å². The third-order valence-corrected chi connectivity index (χ3v) is 3.83.